The van der Waals surface area contributed by atoms with Crippen LogP contribution in [0.15, 0.2) is 18.2 Å². The molecule has 78 valence electrons. The van der Waals surface area contributed by atoms with Gasteiger partial charge in [0.15, 0.2) is 0 Å². The number of hydrogen-bond acceptors (Lipinski definition) is 1. The summed E-state index contributed by atoms with van der Waals surface area (Å²) in [5.74, 6) is 0.970. The van der Waals surface area contributed by atoms with Gasteiger partial charge in [0, 0.05) is 0 Å². The summed E-state index contributed by atoms with van der Waals surface area (Å²) in [4.78, 5) is 0. The molecule has 0 spiro atoms. The lowest BCUT2D eigenvalue weighted by Crippen LogP contribution is -2.12. The average molecular weight is 192 g/mol. The van der Waals surface area contributed by atoms with Crippen molar-refractivity contribution in [1.82, 2.24) is 0 Å². The summed E-state index contributed by atoms with van der Waals surface area (Å²) in [6, 6.07) is 6.33. The van der Waals surface area contributed by atoms with Crippen LogP contribution in [0.25, 0.3) is 0 Å². The minimum atomic E-state index is 0.217. The van der Waals surface area contributed by atoms with E-state index < -0.39 is 0 Å². The highest BCUT2D eigenvalue weighted by Crippen LogP contribution is 2.28. The van der Waals surface area contributed by atoms with Gasteiger partial charge in [-0.05, 0) is 42.5 Å². The molecule has 0 amide bonds. The fraction of sp³-hybridized carbons (Fsp3) is 0.538. The number of rotatable bonds is 2. The van der Waals surface area contributed by atoms with Crippen molar-refractivity contribution in [2.24, 2.45) is 0 Å². The number of aryl methyl sites for hydroxylation is 1. The Morgan fingerprint density at radius 3 is 2.29 bits per heavy atom. The number of ether oxygens (including phenoxy) is 1. The number of hydrogen-bond donors (Lipinski definition) is 0. The van der Waals surface area contributed by atoms with Crippen LogP contribution in [0.4, 0.5) is 0 Å². The van der Waals surface area contributed by atoms with Gasteiger partial charge >= 0.3 is 0 Å². The van der Waals surface area contributed by atoms with E-state index in [2.05, 4.69) is 45.9 Å². The van der Waals surface area contributed by atoms with Gasteiger partial charge in [-0.15, -0.1) is 0 Å². The molecule has 0 heterocycles. The van der Waals surface area contributed by atoms with E-state index in [1.807, 2.05) is 6.92 Å². The molecular formula is C13H20O. The Morgan fingerprint density at radius 2 is 1.86 bits per heavy atom. The lowest BCUT2D eigenvalue weighted by molar-refractivity contribution is 0.339. The molecule has 0 atom stereocenters. The van der Waals surface area contributed by atoms with Crippen molar-refractivity contribution in [2.45, 2.75) is 40.0 Å². The average Bonchev–Trinajstić information content (AvgIpc) is 2.02. The van der Waals surface area contributed by atoms with Gasteiger partial charge in [-0.3, -0.25) is 0 Å². The van der Waals surface area contributed by atoms with E-state index in [4.69, 9.17) is 4.74 Å². The van der Waals surface area contributed by atoms with Crippen molar-refractivity contribution in [3.05, 3.63) is 29.3 Å². The van der Waals surface area contributed by atoms with E-state index in [9.17, 15) is 0 Å². The van der Waals surface area contributed by atoms with Gasteiger partial charge in [0.1, 0.15) is 5.75 Å². The summed E-state index contributed by atoms with van der Waals surface area (Å²) in [5, 5.41) is 0. The first-order valence-electron chi connectivity index (χ1n) is 5.19. The lowest BCUT2D eigenvalue weighted by atomic mass is 9.84. The molecule has 0 fully saturated rings. The summed E-state index contributed by atoms with van der Waals surface area (Å²) < 4.78 is 5.45. The van der Waals surface area contributed by atoms with Crippen molar-refractivity contribution in [1.29, 1.82) is 0 Å². The predicted octanol–water partition coefficient (Wildman–Crippen LogP) is 3.69. The largest absolute Gasteiger partial charge is 0.494 e. The van der Waals surface area contributed by atoms with Crippen LogP contribution in [0.1, 0.15) is 38.8 Å². The van der Waals surface area contributed by atoms with Gasteiger partial charge in [0.2, 0.25) is 0 Å². The van der Waals surface area contributed by atoms with Crippen molar-refractivity contribution in [3.8, 4) is 5.75 Å². The van der Waals surface area contributed by atoms with Gasteiger partial charge in [0.25, 0.3) is 0 Å². The Bertz CT molecular complexity index is 308. The molecule has 0 aliphatic rings. The van der Waals surface area contributed by atoms with Crippen LogP contribution in [0, 0.1) is 6.92 Å². The highest BCUT2D eigenvalue weighted by Gasteiger charge is 2.15. The first kappa shape index (κ1) is 11.1. The third kappa shape index (κ3) is 2.50. The molecule has 0 N–H and O–H groups in total. The lowest BCUT2D eigenvalue weighted by Gasteiger charge is -2.22. The van der Waals surface area contributed by atoms with Crippen molar-refractivity contribution < 1.29 is 4.74 Å². The van der Waals surface area contributed by atoms with Gasteiger partial charge in [-0.25, -0.2) is 0 Å². The zero-order valence-electron chi connectivity index (χ0n) is 9.85. The van der Waals surface area contributed by atoms with Crippen molar-refractivity contribution in [2.75, 3.05) is 6.61 Å². The standard InChI is InChI=1S/C13H20O/c1-6-14-11-7-8-12(10(2)9-11)13(3,4)5/h7-9H,6H2,1-5H3. The summed E-state index contributed by atoms with van der Waals surface area (Å²) in [6.07, 6.45) is 0. The molecule has 0 bridgehead atoms. The van der Waals surface area contributed by atoms with Crippen molar-refractivity contribution >= 4 is 0 Å². The van der Waals surface area contributed by atoms with Gasteiger partial charge in [-0.2, -0.15) is 0 Å². The molecule has 1 rings (SSSR count). The molecule has 1 heteroatoms. The Balaban J connectivity index is 3.02. The third-order valence-corrected chi connectivity index (χ3v) is 2.32. The highest BCUT2D eigenvalue weighted by atomic mass is 16.5. The summed E-state index contributed by atoms with van der Waals surface area (Å²) in [6.45, 7) is 11.6. The molecule has 0 saturated heterocycles. The molecule has 0 unspecified atom stereocenters. The molecule has 0 saturated carbocycles. The third-order valence-electron chi connectivity index (χ3n) is 2.32. The van der Waals surface area contributed by atoms with E-state index in [1.54, 1.807) is 0 Å². The zero-order valence-corrected chi connectivity index (χ0v) is 9.85. The van der Waals surface area contributed by atoms with Gasteiger partial charge in [-0.1, -0.05) is 26.8 Å². The van der Waals surface area contributed by atoms with Gasteiger partial charge < -0.3 is 4.74 Å². The predicted molar refractivity (Wildman–Crippen MR) is 61.0 cm³/mol. The van der Waals surface area contributed by atoms with Crippen LogP contribution in [-0.2, 0) is 5.41 Å². The van der Waals surface area contributed by atoms with Crippen LogP contribution >= 0.6 is 0 Å². The molecule has 0 aliphatic heterocycles. The topological polar surface area (TPSA) is 9.23 Å². The first-order chi connectivity index (χ1) is 6.45. The molecule has 1 aromatic carbocycles. The summed E-state index contributed by atoms with van der Waals surface area (Å²) in [7, 11) is 0. The first-order valence-corrected chi connectivity index (χ1v) is 5.19. The number of benzene rings is 1. The van der Waals surface area contributed by atoms with E-state index in [1.165, 1.54) is 11.1 Å². The minimum absolute atomic E-state index is 0.217. The van der Waals surface area contributed by atoms with Crippen LogP contribution in [0.3, 0.4) is 0 Å². The second-order valence-electron chi connectivity index (χ2n) is 4.66. The molecule has 14 heavy (non-hydrogen) atoms. The summed E-state index contributed by atoms with van der Waals surface area (Å²) >= 11 is 0. The fourth-order valence-corrected chi connectivity index (χ4v) is 1.73. The molecular weight excluding hydrogens is 172 g/mol. The molecule has 0 aliphatic carbocycles. The Morgan fingerprint density at radius 1 is 1.21 bits per heavy atom. The van der Waals surface area contributed by atoms with E-state index in [0.717, 1.165) is 12.4 Å². The smallest absolute Gasteiger partial charge is 0.119 e. The van der Waals surface area contributed by atoms with E-state index >= 15 is 0 Å². The zero-order chi connectivity index (χ0) is 10.8. The van der Waals surface area contributed by atoms with E-state index in [-0.39, 0.29) is 5.41 Å². The molecule has 0 radical (unpaired) electrons. The van der Waals surface area contributed by atoms with Crippen LogP contribution in [0.2, 0.25) is 0 Å². The molecule has 1 aromatic rings. The highest BCUT2D eigenvalue weighted by molar-refractivity contribution is 5.38. The quantitative estimate of drug-likeness (QED) is 0.694. The van der Waals surface area contributed by atoms with Gasteiger partial charge in [0.05, 0.1) is 6.61 Å². The molecule has 1 nitrogen and oxygen atoms in total. The van der Waals surface area contributed by atoms with Crippen molar-refractivity contribution in [3.63, 3.8) is 0 Å². The Hall–Kier alpha value is -0.980. The maximum atomic E-state index is 5.45. The maximum Gasteiger partial charge on any atom is 0.119 e. The minimum Gasteiger partial charge on any atom is -0.494 e. The second kappa shape index (κ2) is 4.04. The van der Waals surface area contributed by atoms with Crippen LogP contribution < -0.4 is 4.74 Å². The maximum absolute atomic E-state index is 5.45. The monoisotopic (exact) mass is 192 g/mol. The fourth-order valence-electron chi connectivity index (χ4n) is 1.73. The Labute approximate surface area is 87.1 Å². The summed E-state index contributed by atoms with van der Waals surface area (Å²) in [5.41, 5.74) is 2.92. The second-order valence-corrected chi connectivity index (χ2v) is 4.66. The van der Waals surface area contributed by atoms with E-state index in [0.29, 0.717) is 0 Å². The van der Waals surface area contributed by atoms with Crippen LogP contribution in [-0.4, -0.2) is 6.61 Å². The normalized spacial score (nSPS) is 11.5. The SMILES string of the molecule is CCOc1ccc(C(C)(C)C)c(C)c1. The van der Waals surface area contributed by atoms with Crippen LogP contribution in [0.5, 0.6) is 5.75 Å². The molecule has 0 aromatic heterocycles. The Kier molecular flexibility index (Phi) is 3.20.